The summed E-state index contributed by atoms with van der Waals surface area (Å²) in [4.78, 5) is 4.06. The lowest BCUT2D eigenvalue weighted by Crippen LogP contribution is -2.02. The van der Waals surface area contributed by atoms with E-state index in [2.05, 4.69) is 41.6 Å². The molecular formula is C10H5Br2F2NO. The van der Waals surface area contributed by atoms with Crippen LogP contribution in [0.1, 0.15) is 0 Å². The quantitative estimate of drug-likeness (QED) is 0.801. The van der Waals surface area contributed by atoms with Crippen molar-refractivity contribution in [3.8, 4) is 5.75 Å². The number of halogens is 4. The average molecular weight is 353 g/mol. The van der Waals surface area contributed by atoms with Gasteiger partial charge >= 0.3 is 6.61 Å². The average Bonchev–Trinajstić information content (AvgIpc) is 2.23. The van der Waals surface area contributed by atoms with Gasteiger partial charge in [-0.25, -0.2) is 0 Å². The van der Waals surface area contributed by atoms with E-state index in [9.17, 15) is 8.78 Å². The van der Waals surface area contributed by atoms with Crippen molar-refractivity contribution in [2.75, 3.05) is 0 Å². The highest BCUT2D eigenvalue weighted by Gasteiger charge is 2.11. The molecule has 0 fully saturated rings. The van der Waals surface area contributed by atoms with Crippen molar-refractivity contribution in [3.05, 3.63) is 33.3 Å². The Morgan fingerprint density at radius 2 is 2.00 bits per heavy atom. The predicted molar refractivity (Wildman–Crippen MR) is 63.8 cm³/mol. The van der Waals surface area contributed by atoms with Gasteiger partial charge in [0.25, 0.3) is 0 Å². The fraction of sp³-hybridized carbons (Fsp3) is 0.100. The molecule has 1 heterocycles. The normalized spacial score (nSPS) is 11.1. The number of hydrogen-bond acceptors (Lipinski definition) is 2. The molecular weight excluding hydrogens is 348 g/mol. The third-order valence-corrected chi connectivity index (χ3v) is 3.96. The molecule has 2 nitrogen and oxygen atoms in total. The number of hydrogen-bond donors (Lipinski definition) is 0. The van der Waals surface area contributed by atoms with Gasteiger partial charge in [0, 0.05) is 16.1 Å². The molecule has 6 heteroatoms. The molecule has 0 unspecified atom stereocenters. The van der Waals surface area contributed by atoms with E-state index in [0.29, 0.717) is 10.9 Å². The number of benzene rings is 1. The summed E-state index contributed by atoms with van der Waals surface area (Å²) in [5.41, 5.74) is 0.401. The Morgan fingerprint density at radius 3 is 2.69 bits per heavy atom. The monoisotopic (exact) mass is 351 g/mol. The second-order valence-electron chi connectivity index (χ2n) is 2.95. The fourth-order valence-electron chi connectivity index (χ4n) is 1.33. The zero-order chi connectivity index (χ0) is 11.7. The lowest BCUT2D eigenvalue weighted by molar-refractivity contribution is -0.0489. The molecule has 0 N–H and O–H groups in total. The zero-order valence-corrected chi connectivity index (χ0v) is 10.9. The summed E-state index contributed by atoms with van der Waals surface area (Å²) >= 11 is 6.64. The van der Waals surface area contributed by atoms with Crippen LogP contribution in [0.15, 0.2) is 33.3 Å². The Morgan fingerprint density at radius 1 is 1.25 bits per heavy atom. The molecule has 0 aliphatic carbocycles. The second-order valence-corrected chi connectivity index (χ2v) is 4.60. The standard InChI is InChI=1S/C10H5Br2F2NO/c11-6-4-15-9-5(8(6)12)2-1-3-7(9)16-10(13)14/h1-4,10H. The third kappa shape index (κ3) is 2.17. The predicted octanol–water partition coefficient (Wildman–Crippen LogP) is 4.36. The Balaban J connectivity index is 2.65. The highest BCUT2D eigenvalue weighted by atomic mass is 79.9. The Bertz CT molecular complexity index is 533. The van der Waals surface area contributed by atoms with Gasteiger partial charge in [-0.1, -0.05) is 12.1 Å². The van der Waals surface area contributed by atoms with Crippen molar-refractivity contribution < 1.29 is 13.5 Å². The minimum atomic E-state index is -2.85. The molecule has 16 heavy (non-hydrogen) atoms. The summed E-state index contributed by atoms with van der Waals surface area (Å²) in [6.45, 7) is -2.85. The fourth-order valence-corrected chi connectivity index (χ4v) is 2.07. The van der Waals surface area contributed by atoms with E-state index in [1.165, 1.54) is 12.3 Å². The van der Waals surface area contributed by atoms with Gasteiger partial charge in [0.2, 0.25) is 0 Å². The van der Waals surface area contributed by atoms with Gasteiger partial charge in [0.05, 0.1) is 4.47 Å². The van der Waals surface area contributed by atoms with Crippen LogP contribution in [0, 0.1) is 0 Å². The first-order valence-corrected chi connectivity index (χ1v) is 5.85. The number of alkyl halides is 2. The van der Waals surface area contributed by atoms with Gasteiger partial charge in [-0.15, -0.1) is 0 Å². The Labute approximate surface area is 107 Å². The molecule has 2 aromatic rings. The summed E-state index contributed by atoms with van der Waals surface area (Å²) < 4.78 is 30.2. The third-order valence-electron chi connectivity index (χ3n) is 1.97. The summed E-state index contributed by atoms with van der Waals surface area (Å²) in [6, 6.07) is 4.87. The highest BCUT2D eigenvalue weighted by molar-refractivity contribution is 9.13. The molecule has 84 valence electrons. The lowest BCUT2D eigenvalue weighted by atomic mass is 10.2. The molecule has 1 aromatic heterocycles. The topological polar surface area (TPSA) is 22.1 Å². The van der Waals surface area contributed by atoms with E-state index < -0.39 is 6.61 Å². The van der Waals surface area contributed by atoms with Crippen LogP contribution < -0.4 is 4.74 Å². The first-order chi connectivity index (χ1) is 7.59. The van der Waals surface area contributed by atoms with Crippen LogP contribution in [-0.2, 0) is 0 Å². The van der Waals surface area contributed by atoms with Crippen LogP contribution in [-0.4, -0.2) is 11.6 Å². The molecule has 2 rings (SSSR count). The van der Waals surface area contributed by atoms with Crippen LogP contribution in [0.25, 0.3) is 10.9 Å². The van der Waals surface area contributed by atoms with Crippen molar-refractivity contribution >= 4 is 42.8 Å². The molecule has 0 aliphatic heterocycles. The number of nitrogens with zero attached hydrogens (tertiary/aromatic N) is 1. The maximum Gasteiger partial charge on any atom is 0.387 e. The maximum atomic E-state index is 12.2. The molecule has 0 saturated heterocycles. The lowest BCUT2D eigenvalue weighted by Gasteiger charge is -2.08. The highest BCUT2D eigenvalue weighted by Crippen LogP contribution is 2.34. The van der Waals surface area contributed by atoms with Crippen LogP contribution in [0.3, 0.4) is 0 Å². The first-order valence-electron chi connectivity index (χ1n) is 4.27. The van der Waals surface area contributed by atoms with Crippen LogP contribution in [0.2, 0.25) is 0 Å². The summed E-state index contributed by atoms with van der Waals surface area (Å²) in [7, 11) is 0. The van der Waals surface area contributed by atoms with Crippen molar-refractivity contribution in [1.29, 1.82) is 0 Å². The molecule has 0 bridgehead atoms. The van der Waals surface area contributed by atoms with Gasteiger partial charge in [0.1, 0.15) is 5.52 Å². The number of para-hydroxylation sites is 1. The van der Waals surface area contributed by atoms with Crippen LogP contribution >= 0.6 is 31.9 Å². The van der Waals surface area contributed by atoms with E-state index in [1.807, 2.05) is 0 Å². The SMILES string of the molecule is FC(F)Oc1cccc2c(Br)c(Br)cnc12. The molecule has 0 amide bonds. The molecule has 0 spiro atoms. The molecule has 0 aliphatic rings. The zero-order valence-electron chi connectivity index (χ0n) is 7.75. The van der Waals surface area contributed by atoms with Crippen molar-refractivity contribution in [3.63, 3.8) is 0 Å². The van der Waals surface area contributed by atoms with E-state index in [-0.39, 0.29) is 5.75 Å². The number of aromatic nitrogens is 1. The minimum absolute atomic E-state index is 0.0701. The van der Waals surface area contributed by atoms with Crippen molar-refractivity contribution in [2.45, 2.75) is 6.61 Å². The number of pyridine rings is 1. The van der Waals surface area contributed by atoms with Crippen LogP contribution in [0.4, 0.5) is 8.78 Å². The van der Waals surface area contributed by atoms with E-state index in [1.54, 1.807) is 12.1 Å². The summed E-state index contributed by atoms with van der Waals surface area (Å²) in [5.74, 6) is 0.0701. The van der Waals surface area contributed by atoms with Gasteiger partial charge in [0.15, 0.2) is 5.75 Å². The summed E-state index contributed by atoms with van der Waals surface area (Å²) in [6.07, 6.45) is 1.53. The number of rotatable bonds is 2. The van der Waals surface area contributed by atoms with Crippen molar-refractivity contribution in [1.82, 2.24) is 4.98 Å². The van der Waals surface area contributed by atoms with Gasteiger partial charge in [-0.05, 0) is 37.9 Å². The number of fused-ring (bicyclic) bond motifs is 1. The van der Waals surface area contributed by atoms with Crippen molar-refractivity contribution in [2.24, 2.45) is 0 Å². The van der Waals surface area contributed by atoms with Crippen LogP contribution in [0.5, 0.6) is 5.75 Å². The second kappa shape index (κ2) is 4.63. The van der Waals surface area contributed by atoms with Gasteiger partial charge in [-0.3, -0.25) is 4.98 Å². The summed E-state index contributed by atoms with van der Waals surface area (Å²) in [5, 5.41) is 0.715. The number of ether oxygens (including phenoxy) is 1. The smallest absolute Gasteiger partial charge is 0.387 e. The molecule has 0 saturated carbocycles. The maximum absolute atomic E-state index is 12.2. The molecule has 0 atom stereocenters. The van der Waals surface area contributed by atoms with E-state index in [0.717, 1.165) is 8.95 Å². The molecule has 1 aromatic carbocycles. The Hall–Kier alpha value is -0.750. The largest absolute Gasteiger partial charge is 0.432 e. The van der Waals surface area contributed by atoms with Gasteiger partial charge in [-0.2, -0.15) is 8.78 Å². The molecule has 0 radical (unpaired) electrons. The Kier molecular flexibility index (Phi) is 3.39. The first kappa shape index (κ1) is 11.7. The van der Waals surface area contributed by atoms with E-state index >= 15 is 0 Å². The minimum Gasteiger partial charge on any atom is -0.432 e. The van der Waals surface area contributed by atoms with E-state index in [4.69, 9.17) is 0 Å². The van der Waals surface area contributed by atoms with Gasteiger partial charge < -0.3 is 4.74 Å².